The lowest BCUT2D eigenvalue weighted by atomic mass is 10.00. The molecule has 0 heterocycles. The molecule has 0 aromatic rings. The Bertz CT molecular complexity index is 1790. The minimum absolute atomic E-state index is 0.102. The van der Waals surface area contributed by atoms with Gasteiger partial charge in [-0.25, -0.2) is 9.13 Å². The van der Waals surface area contributed by atoms with Gasteiger partial charge < -0.3 is 33.8 Å². The first-order valence-electron chi connectivity index (χ1n) is 37.4. The Labute approximate surface area is 556 Å². The van der Waals surface area contributed by atoms with Crippen molar-refractivity contribution in [1.82, 2.24) is 0 Å². The molecule has 0 radical (unpaired) electrons. The molecule has 91 heavy (non-hydrogen) atoms. The van der Waals surface area contributed by atoms with Crippen LogP contribution in [0.1, 0.15) is 363 Å². The van der Waals surface area contributed by atoms with Gasteiger partial charge >= 0.3 is 39.5 Å². The number of aliphatic hydroxyl groups is 1. The Morgan fingerprint density at radius 1 is 0.319 bits per heavy atom. The third kappa shape index (κ3) is 65.1. The summed E-state index contributed by atoms with van der Waals surface area (Å²) in [5, 5.41) is 10.6. The standard InChI is InChI=1S/C72H140O17P2/c1-8-10-11-12-13-14-15-16-17-18-19-20-25-28-31-41-48-55-71(76)88-67(59-82-69(74)53-46-39-30-27-24-22-21-23-26-29-36-43-50-63(3)4)61-86-90(78,79)84-57-66(73)58-85-91(80,81)87-62-68(60-83-70(75)54-47-40-34-32-37-44-51-64(5)6)89-72(77)56-49-42-35-33-38-45-52-65(7)9-2/h63-68,73H,8-62H2,1-7H3,(H,78,79)(H,80,81)/t65?,66-,67-,68-/m1/s1. The van der Waals surface area contributed by atoms with Crippen LogP contribution in [0, 0.1) is 17.8 Å². The summed E-state index contributed by atoms with van der Waals surface area (Å²) in [5.74, 6) is 0.0536. The molecule has 19 heteroatoms. The van der Waals surface area contributed by atoms with Gasteiger partial charge in [-0.1, -0.05) is 312 Å². The van der Waals surface area contributed by atoms with E-state index in [4.69, 9.17) is 37.0 Å². The number of carbonyl (C=O) groups is 4. The molecule has 0 spiro atoms. The van der Waals surface area contributed by atoms with E-state index < -0.39 is 97.5 Å². The highest BCUT2D eigenvalue weighted by atomic mass is 31.2. The molecule has 0 saturated carbocycles. The SMILES string of the molecule is CCCCCCCCCCCCCCCCCCCC(=O)O[C@H](COC(=O)CCCCCCCCCCCCCCC(C)C)COP(=O)(O)OC[C@@H](O)COP(=O)(O)OC[C@@H](COC(=O)CCCCCCCCC(C)C)OC(=O)CCCCCCCCC(C)CC. The molecule has 0 aliphatic heterocycles. The molecule has 0 aromatic heterocycles. The summed E-state index contributed by atoms with van der Waals surface area (Å²) in [6.45, 7) is 11.7. The monoisotopic (exact) mass is 1340 g/mol. The number of aliphatic hydroxyl groups excluding tert-OH is 1. The van der Waals surface area contributed by atoms with Gasteiger partial charge in [0.2, 0.25) is 0 Å². The van der Waals surface area contributed by atoms with Crippen molar-refractivity contribution in [2.24, 2.45) is 17.8 Å². The van der Waals surface area contributed by atoms with Crippen LogP contribution in [0.3, 0.4) is 0 Å². The Kier molecular flexibility index (Phi) is 61.5. The molecule has 0 fully saturated rings. The van der Waals surface area contributed by atoms with E-state index in [0.29, 0.717) is 31.6 Å². The van der Waals surface area contributed by atoms with Gasteiger partial charge in [-0.05, 0) is 43.4 Å². The molecule has 0 rings (SSSR count). The molecule has 0 amide bonds. The second kappa shape index (κ2) is 62.8. The fraction of sp³-hybridized carbons (Fsp3) is 0.944. The van der Waals surface area contributed by atoms with Crippen molar-refractivity contribution in [1.29, 1.82) is 0 Å². The Hall–Kier alpha value is -1.94. The highest BCUT2D eigenvalue weighted by molar-refractivity contribution is 7.47. The highest BCUT2D eigenvalue weighted by Gasteiger charge is 2.30. The van der Waals surface area contributed by atoms with Crippen LogP contribution in [0.15, 0.2) is 0 Å². The minimum Gasteiger partial charge on any atom is -0.462 e. The topological polar surface area (TPSA) is 237 Å². The van der Waals surface area contributed by atoms with Crippen LogP contribution in [-0.2, 0) is 65.4 Å². The van der Waals surface area contributed by atoms with E-state index in [9.17, 15) is 43.2 Å². The summed E-state index contributed by atoms with van der Waals surface area (Å²) in [5.41, 5.74) is 0. The highest BCUT2D eigenvalue weighted by Crippen LogP contribution is 2.45. The van der Waals surface area contributed by atoms with Crippen molar-refractivity contribution in [3.05, 3.63) is 0 Å². The van der Waals surface area contributed by atoms with Crippen LogP contribution in [0.4, 0.5) is 0 Å². The Morgan fingerprint density at radius 2 is 0.560 bits per heavy atom. The lowest BCUT2D eigenvalue weighted by molar-refractivity contribution is -0.161. The smallest absolute Gasteiger partial charge is 0.462 e. The summed E-state index contributed by atoms with van der Waals surface area (Å²) in [4.78, 5) is 72.6. The third-order valence-electron chi connectivity index (χ3n) is 17.0. The number of hydrogen-bond acceptors (Lipinski definition) is 15. The molecule has 0 aliphatic carbocycles. The summed E-state index contributed by atoms with van der Waals surface area (Å²) in [6, 6.07) is 0. The number of hydrogen-bond donors (Lipinski definition) is 3. The first-order valence-corrected chi connectivity index (χ1v) is 40.4. The van der Waals surface area contributed by atoms with Gasteiger partial charge in [-0.2, -0.15) is 0 Å². The summed E-state index contributed by atoms with van der Waals surface area (Å²) in [7, 11) is -9.90. The van der Waals surface area contributed by atoms with E-state index in [0.717, 1.165) is 108 Å². The van der Waals surface area contributed by atoms with Crippen molar-refractivity contribution >= 4 is 39.5 Å². The van der Waals surface area contributed by atoms with Gasteiger partial charge in [0.25, 0.3) is 0 Å². The van der Waals surface area contributed by atoms with Gasteiger partial charge in [-0.3, -0.25) is 37.3 Å². The molecule has 0 aromatic carbocycles. The lowest BCUT2D eigenvalue weighted by Gasteiger charge is -2.21. The van der Waals surface area contributed by atoms with Crippen molar-refractivity contribution in [3.8, 4) is 0 Å². The van der Waals surface area contributed by atoms with Crippen molar-refractivity contribution in [2.75, 3.05) is 39.6 Å². The van der Waals surface area contributed by atoms with Gasteiger partial charge in [0, 0.05) is 25.7 Å². The second-order valence-corrected chi connectivity index (χ2v) is 30.1. The van der Waals surface area contributed by atoms with E-state index in [-0.39, 0.29) is 25.7 Å². The average Bonchev–Trinajstić information content (AvgIpc) is 3.20. The fourth-order valence-electron chi connectivity index (χ4n) is 10.9. The number of unbranched alkanes of at least 4 members (excludes halogenated alkanes) is 37. The number of phosphoric ester groups is 2. The Balaban J connectivity index is 5.23. The predicted molar refractivity (Wildman–Crippen MR) is 368 cm³/mol. The van der Waals surface area contributed by atoms with Gasteiger partial charge in [0.1, 0.15) is 19.3 Å². The van der Waals surface area contributed by atoms with E-state index in [1.165, 1.54) is 167 Å². The molecule has 17 nitrogen and oxygen atoms in total. The molecular weight excluding hydrogens is 1200 g/mol. The second-order valence-electron chi connectivity index (χ2n) is 27.2. The zero-order valence-corrected chi connectivity index (χ0v) is 61.1. The van der Waals surface area contributed by atoms with Crippen LogP contribution in [0.5, 0.6) is 0 Å². The number of phosphoric acid groups is 2. The molecule has 0 aliphatic rings. The maximum atomic E-state index is 13.0. The van der Waals surface area contributed by atoms with E-state index in [1.807, 2.05) is 0 Å². The maximum Gasteiger partial charge on any atom is 0.472 e. The summed E-state index contributed by atoms with van der Waals surface area (Å²) in [6.07, 6.45) is 47.4. The molecule has 0 saturated heterocycles. The predicted octanol–water partition coefficient (Wildman–Crippen LogP) is 20.6. The van der Waals surface area contributed by atoms with Gasteiger partial charge in [0.15, 0.2) is 12.2 Å². The first-order chi connectivity index (χ1) is 43.8. The van der Waals surface area contributed by atoms with Crippen LogP contribution in [-0.4, -0.2) is 96.7 Å². The molecule has 3 N–H and O–H groups in total. The number of carbonyl (C=O) groups excluding carboxylic acids is 4. The van der Waals surface area contributed by atoms with Crippen molar-refractivity contribution < 1.29 is 80.2 Å². The molecule has 0 bridgehead atoms. The molecule has 540 valence electrons. The number of esters is 4. The van der Waals surface area contributed by atoms with E-state index >= 15 is 0 Å². The fourth-order valence-corrected chi connectivity index (χ4v) is 12.4. The normalized spacial score (nSPS) is 14.5. The van der Waals surface area contributed by atoms with Gasteiger partial charge in [0.05, 0.1) is 26.4 Å². The molecular formula is C72H140O17P2. The summed E-state index contributed by atoms with van der Waals surface area (Å²) < 4.78 is 68.3. The van der Waals surface area contributed by atoms with Crippen molar-refractivity contribution in [2.45, 2.75) is 381 Å². The van der Waals surface area contributed by atoms with Crippen LogP contribution < -0.4 is 0 Å². The van der Waals surface area contributed by atoms with E-state index in [2.05, 4.69) is 48.5 Å². The zero-order chi connectivity index (χ0) is 67.3. The zero-order valence-electron chi connectivity index (χ0n) is 59.3. The largest absolute Gasteiger partial charge is 0.472 e. The lowest BCUT2D eigenvalue weighted by Crippen LogP contribution is -2.30. The number of ether oxygens (including phenoxy) is 4. The average molecular weight is 1340 g/mol. The van der Waals surface area contributed by atoms with E-state index in [1.54, 1.807) is 0 Å². The van der Waals surface area contributed by atoms with Crippen molar-refractivity contribution in [3.63, 3.8) is 0 Å². The number of rotatable bonds is 70. The van der Waals surface area contributed by atoms with Gasteiger partial charge in [-0.15, -0.1) is 0 Å². The quantitative estimate of drug-likeness (QED) is 0.0222. The Morgan fingerprint density at radius 3 is 0.835 bits per heavy atom. The first kappa shape index (κ1) is 89.1. The molecule has 3 unspecified atom stereocenters. The van der Waals surface area contributed by atoms with Crippen LogP contribution >= 0.6 is 15.6 Å². The molecule has 6 atom stereocenters. The summed E-state index contributed by atoms with van der Waals surface area (Å²) >= 11 is 0. The maximum absolute atomic E-state index is 13.0. The van der Waals surface area contributed by atoms with Crippen LogP contribution in [0.25, 0.3) is 0 Å². The third-order valence-corrected chi connectivity index (χ3v) is 18.9. The minimum atomic E-state index is -4.95. The van der Waals surface area contributed by atoms with Crippen LogP contribution in [0.2, 0.25) is 0 Å².